The SMILES string of the molecule is CC(C)CCNC(=O)COC(=O)c1ccc(S(=O)(=O)N(C)c2ccccc2)cc1. The maximum Gasteiger partial charge on any atom is 0.338 e. The second-order valence-electron chi connectivity index (χ2n) is 6.94. The molecule has 0 spiro atoms. The number of hydrogen-bond acceptors (Lipinski definition) is 5. The van der Waals surface area contributed by atoms with Crippen LogP contribution < -0.4 is 9.62 Å². The molecule has 0 heterocycles. The zero-order valence-electron chi connectivity index (χ0n) is 16.8. The number of hydrogen-bond donors (Lipinski definition) is 1. The minimum atomic E-state index is -3.76. The molecule has 0 unspecified atom stereocenters. The van der Waals surface area contributed by atoms with Crippen LogP contribution in [0.1, 0.15) is 30.6 Å². The van der Waals surface area contributed by atoms with Gasteiger partial charge in [-0.15, -0.1) is 0 Å². The number of carbonyl (C=O) groups excluding carboxylic acids is 2. The predicted octanol–water partition coefficient (Wildman–Crippen LogP) is 2.83. The summed E-state index contributed by atoms with van der Waals surface area (Å²) in [5.74, 6) is -0.597. The second kappa shape index (κ2) is 10.1. The van der Waals surface area contributed by atoms with Gasteiger partial charge in [-0.3, -0.25) is 9.10 Å². The summed E-state index contributed by atoms with van der Waals surface area (Å²) in [7, 11) is -2.30. The second-order valence-corrected chi connectivity index (χ2v) is 8.91. The molecule has 156 valence electrons. The zero-order chi connectivity index (χ0) is 21.4. The highest BCUT2D eigenvalue weighted by Gasteiger charge is 2.21. The van der Waals surface area contributed by atoms with Crippen molar-refractivity contribution in [1.82, 2.24) is 5.32 Å². The topological polar surface area (TPSA) is 92.8 Å². The van der Waals surface area contributed by atoms with Gasteiger partial charge in [0, 0.05) is 13.6 Å². The third kappa shape index (κ3) is 6.32. The fourth-order valence-electron chi connectivity index (χ4n) is 2.46. The van der Waals surface area contributed by atoms with Gasteiger partial charge in [-0.2, -0.15) is 0 Å². The van der Waals surface area contributed by atoms with Crippen molar-refractivity contribution < 1.29 is 22.7 Å². The standard InChI is InChI=1S/C21H26N2O5S/c1-16(2)13-14-22-20(24)15-28-21(25)17-9-11-19(12-10-17)29(26,27)23(3)18-7-5-4-6-8-18/h4-12,16H,13-15H2,1-3H3,(H,22,24). The summed E-state index contributed by atoms with van der Waals surface area (Å²) < 4.78 is 31.6. The fraction of sp³-hybridized carbons (Fsp3) is 0.333. The summed E-state index contributed by atoms with van der Waals surface area (Å²) in [6.45, 7) is 4.24. The molecule has 0 radical (unpaired) electrons. The van der Waals surface area contributed by atoms with E-state index in [0.717, 1.165) is 6.42 Å². The molecule has 0 saturated carbocycles. The first-order chi connectivity index (χ1) is 13.7. The quantitative estimate of drug-likeness (QED) is 0.632. The van der Waals surface area contributed by atoms with Gasteiger partial charge in [0.2, 0.25) is 0 Å². The number of anilines is 1. The molecular formula is C21H26N2O5S. The molecule has 0 aliphatic carbocycles. The van der Waals surface area contributed by atoms with Gasteiger partial charge in [-0.1, -0.05) is 32.0 Å². The third-order valence-corrected chi connectivity index (χ3v) is 6.05. The van der Waals surface area contributed by atoms with Crippen LogP contribution in [0.5, 0.6) is 0 Å². The Balaban J connectivity index is 1.97. The van der Waals surface area contributed by atoms with Gasteiger partial charge in [0.25, 0.3) is 15.9 Å². The van der Waals surface area contributed by atoms with E-state index in [1.807, 2.05) is 13.8 Å². The van der Waals surface area contributed by atoms with E-state index in [0.29, 0.717) is 18.2 Å². The lowest BCUT2D eigenvalue weighted by Gasteiger charge is -2.19. The van der Waals surface area contributed by atoms with Crippen LogP contribution in [0, 0.1) is 5.92 Å². The highest BCUT2D eigenvalue weighted by atomic mass is 32.2. The van der Waals surface area contributed by atoms with Crippen LogP contribution in [0.3, 0.4) is 0 Å². The molecular weight excluding hydrogens is 392 g/mol. The summed E-state index contributed by atoms with van der Waals surface area (Å²) in [5.41, 5.74) is 0.695. The first kappa shape index (κ1) is 22.4. The van der Waals surface area contributed by atoms with E-state index >= 15 is 0 Å². The van der Waals surface area contributed by atoms with Gasteiger partial charge >= 0.3 is 5.97 Å². The van der Waals surface area contributed by atoms with Gasteiger partial charge in [-0.05, 0) is 48.7 Å². The van der Waals surface area contributed by atoms with Gasteiger partial charge < -0.3 is 10.1 Å². The highest BCUT2D eigenvalue weighted by Crippen LogP contribution is 2.22. The molecule has 1 N–H and O–H groups in total. The smallest absolute Gasteiger partial charge is 0.338 e. The van der Waals surface area contributed by atoms with E-state index in [1.165, 1.54) is 35.6 Å². The third-order valence-electron chi connectivity index (χ3n) is 4.25. The maximum atomic E-state index is 12.7. The maximum absolute atomic E-state index is 12.7. The van der Waals surface area contributed by atoms with Crippen molar-refractivity contribution in [1.29, 1.82) is 0 Å². The summed E-state index contributed by atoms with van der Waals surface area (Å²) in [6, 6.07) is 14.1. The van der Waals surface area contributed by atoms with E-state index in [2.05, 4.69) is 5.32 Å². The average molecular weight is 419 g/mol. The lowest BCUT2D eigenvalue weighted by Crippen LogP contribution is -2.30. The summed E-state index contributed by atoms with van der Waals surface area (Å²) in [4.78, 5) is 23.8. The van der Waals surface area contributed by atoms with Crippen molar-refractivity contribution in [2.75, 3.05) is 24.5 Å². The van der Waals surface area contributed by atoms with Crippen LogP contribution >= 0.6 is 0 Å². The number of nitrogens with zero attached hydrogens (tertiary/aromatic N) is 1. The highest BCUT2D eigenvalue weighted by molar-refractivity contribution is 7.92. The van der Waals surface area contributed by atoms with Crippen LogP contribution in [0.4, 0.5) is 5.69 Å². The number of nitrogens with one attached hydrogen (secondary N) is 1. The number of benzene rings is 2. The molecule has 7 nitrogen and oxygen atoms in total. The first-order valence-corrected chi connectivity index (χ1v) is 10.7. The number of sulfonamides is 1. The molecule has 0 atom stereocenters. The van der Waals surface area contributed by atoms with Crippen molar-refractivity contribution in [3.8, 4) is 0 Å². The summed E-state index contributed by atoms with van der Waals surface area (Å²) >= 11 is 0. The Morgan fingerprint density at radius 3 is 2.24 bits per heavy atom. The van der Waals surface area contributed by atoms with Crippen LogP contribution in [0.2, 0.25) is 0 Å². The lowest BCUT2D eigenvalue weighted by molar-refractivity contribution is -0.124. The fourth-order valence-corrected chi connectivity index (χ4v) is 3.66. The number of para-hydroxylation sites is 1. The van der Waals surface area contributed by atoms with Crippen LogP contribution in [-0.4, -0.2) is 40.5 Å². The Labute approximate surface area is 171 Å². The van der Waals surface area contributed by atoms with E-state index in [-0.39, 0.29) is 23.0 Å². The van der Waals surface area contributed by atoms with Crippen molar-refractivity contribution in [3.05, 3.63) is 60.2 Å². The molecule has 8 heteroatoms. The van der Waals surface area contributed by atoms with Crippen molar-refractivity contribution >= 4 is 27.6 Å². The Bertz CT molecular complexity index is 925. The first-order valence-electron chi connectivity index (χ1n) is 9.29. The molecule has 29 heavy (non-hydrogen) atoms. The van der Waals surface area contributed by atoms with Crippen molar-refractivity contribution in [3.63, 3.8) is 0 Å². The van der Waals surface area contributed by atoms with Gasteiger partial charge in [-0.25, -0.2) is 13.2 Å². The van der Waals surface area contributed by atoms with Crippen LogP contribution in [0.15, 0.2) is 59.5 Å². The number of esters is 1. The number of carbonyl (C=O) groups is 2. The van der Waals surface area contributed by atoms with E-state index < -0.39 is 16.0 Å². The monoisotopic (exact) mass is 418 g/mol. The van der Waals surface area contributed by atoms with Gasteiger partial charge in [0.15, 0.2) is 6.61 Å². The summed E-state index contributed by atoms with van der Waals surface area (Å²) in [5, 5.41) is 2.68. The largest absolute Gasteiger partial charge is 0.452 e. The minimum Gasteiger partial charge on any atom is -0.452 e. The number of ether oxygens (including phenoxy) is 1. The molecule has 2 rings (SSSR count). The summed E-state index contributed by atoms with van der Waals surface area (Å²) in [6.07, 6.45) is 0.840. The predicted molar refractivity (Wildman–Crippen MR) is 111 cm³/mol. The Kier molecular flexibility index (Phi) is 7.78. The molecule has 0 fully saturated rings. The van der Waals surface area contributed by atoms with Crippen LogP contribution in [0.25, 0.3) is 0 Å². The van der Waals surface area contributed by atoms with Crippen molar-refractivity contribution in [2.24, 2.45) is 5.92 Å². The number of rotatable bonds is 9. The molecule has 0 aromatic heterocycles. The van der Waals surface area contributed by atoms with Gasteiger partial charge in [0.1, 0.15) is 0 Å². The normalized spacial score (nSPS) is 11.2. The lowest BCUT2D eigenvalue weighted by atomic mass is 10.1. The van der Waals surface area contributed by atoms with Crippen molar-refractivity contribution in [2.45, 2.75) is 25.2 Å². The molecule has 0 saturated heterocycles. The molecule has 1 amide bonds. The van der Waals surface area contributed by atoms with E-state index in [1.54, 1.807) is 30.3 Å². The average Bonchev–Trinajstić information content (AvgIpc) is 2.71. The molecule has 2 aromatic rings. The van der Waals surface area contributed by atoms with Gasteiger partial charge in [0.05, 0.1) is 16.1 Å². The Morgan fingerprint density at radius 2 is 1.66 bits per heavy atom. The van der Waals surface area contributed by atoms with E-state index in [4.69, 9.17) is 4.74 Å². The Hall–Kier alpha value is -2.87. The van der Waals surface area contributed by atoms with Crippen LogP contribution in [-0.2, 0) is 19.6 Å². The minimum absolute atomic E-state index is 0.0480. The van der Waals surface area contributed by atoms with E-state index in [9.17, 15) is 18.0 Å². The molecule has 0 aliphatic heterocycles. The molecule has 0 bridgehead atoms. The zero-order valence-corrected chi connectivity index (χ0v) is 17.6. The Morgan fingerprint density at radius 1 is 1.03 bits per heavy atom. The number of amides is 1. The molecule has 0 aliphatic rings. The molecule has 2 aromatic carbocycles.